The van der Waals surface area contributed by atoms with Gasteiger partial charge in [-0.1, -0.05) is 24.3 Å². The number of anilines is 1. The van der Waals surface area contributed by atoms with Gasteiger partial charge in [0.15, 0.2) is 0 Å². The SMILES string of the molecule is CN(C)Cc1ccccc1CNC(=O)c1ccc(NC(=O)C2CC2)cc1. The molecular formula is C21H25N3O2. The highest BCUT2D eigenvalue weighted by atomic mass is 16.2. The molecule has 1 aliphatic carbocycles. The van der Waals surface area contributed by atoms with Crippen molar-refractivity contribution in [3.63, 3.8) is 0 Å². The molecule has 0 bridgehead atoms. The molecule has 0 spiro atoms. The van der Waals surface area contributed by atoms with Crippen molar-refractivity contribution in [3.05, 3.63) is 65.2 Å². The van der Waals surface area contributed by atoms with Crippen molar-refractivity contribution in [2.75, 3.05) is 19.4 Å². The molecule has 0 atom stereocenters. The summed E-state index contributed by atoms with van der Waals surface area (Å²) in [4.78, 5) is 26.3. The maximum absolute atomic E-state index is 12.4. The fourth-order valence-corrected chi connectivity index (χ4v) is 2.80. The van der Waals surface area contributed by atoms with Crippen LogP contribution in [0.25, 0.3) is 0 Å². The van der Waals surface area contributed by atoms with E-state index >= 15 is 0 Å². The van der Waals surface area contributed by atoms with Crippen molar-refractivity contribution < 1.29 is 9.59 Å². The second kappa shape index (κ2) is 8.15. The van der Waals surface area contributed by atoms with Gasteiger partial charge >= 0.3 is 0 Å². The lowest BCUT2D eigenvalue weighted by Crippen LogP contribution is -2.24. The predicted octanol–water partition coefficient (Wildman–Crippen LogP) is 3.03. The Kier molecular flexibility index (Phi) is 5.68. The normalized spacial score (nSPS) is 13.5. The van der Waals surface area contributed by atoms with Gasteiger partial charge in [-0.15, -0.1) is 0 Å². The maximum Gasteiger partial charge on any atom is 0.251 e. The molecule has 0 saturated heterocycles. The molecule has 1 fully saturated rings. The minimum absolute atomic E-state index is 0.0692. The molecule has 0 radical (unpaired) electrons. The van der Waals surface area contributed by atoms with Crippen LogP contribution in [0.4, 0.5) is 5.69 Å². The Balaban J connectivity index is 1.57. The van der Waals surface area contributed by atoms with E-state index in [9.17, 15) is 9.59 Å². The Morgan fingerprint density at radius 3 is 2.27 bits per heavy atom. The zero-order chi connectivity index (χ0) is 18.5. The average Bonchev–Trinajstić information content (AvgIpc) is 3.46. The van der Waals surface area contributed by atoms with Gasteiger partial charge in [-0.3, -0.25) is 9.59 Å². The number of carbonyl (C=O) groups is 2. The monoisotopic (exact) mass is 351 g/mol. The molecule has 1 saturated carbocycles. The number of hydrogen-bond acceptors (Lipinski definition) is 3. The van der Waals surface area contributed by atoms with E-state index in [1.807, 2.05) is 32.3 Å². The molecule has 0 aromatic heterocycles. The molecule has 1 aliphatic rings. The summed E-state index contributed by atoms with van der Waals surface area (Å²) >= 11 is 0. The first kappa shape index (κ1) is 18.1. The number of benzene rings is 2. The fraction of sp³-hybridized carbons (Fsp3) is 0.333. The van der Waals surface area contributed by atoms with Crippen molar-refractivity contribution in [2.24, 2.45) is 5.92 Å². The van der Waals surface area contributed by atoms with Gasteiger partial charge in [-0.05, 0) is 62.3 Å². The summed E-state index contributed by atoms with van der Waals surface area (Å²) in [5.41, 5.74) is 3.63. The van der Waals surface area contributed by atoms with Crippen LogP contribution in [0.1, 0.15) is 34.3 Å². The largest absolute Gasteiger partial charge is 0.348 e. The number of amides is 2. The van der Waals surface area contributed by atoms with Gasteiger partial charge in [0.1, 0.15) is 0 Å². The lowest BCUT2D eigenvalue weighted by atomic mass is 10.1. The summed E-state index contributed by atoms with van der Waals surface area (Å²) < 4.78 is 0. The van der Waals surface area contributed by atoms with Crippen LogP contribution in [-0.2, 0) is 17.9 Å². The molecule has 26 heavy (non-hydrogen) atoms. The molecule has 3 rings (SSSR count). The zero-order valence-electron chi connectivity index (χ0n) is 15.3. The summed E-state index contributed by atoms with van der Waals surface area (Å²) in [5.74, 6) is 0.115. The van der Waals surface area contributed by atoms with Crippen molar-refractivity contribution in [3.8, 4) is 0 Å². The lowest BCUT2D eigenvalue weighted by molar-refractivity contribution is -0.117. The zero-order valence-corrected chi connectivity index (χ0v) is 15.3. The Bertz CT molecular complexity index is 780. The quantitative estimate of drug-likeness (QED) is 0.806. The van der Waals surface area contributed by atoms with E-state index < -0.39 is 0 Å². The molecule has 0 unspecified atom stereocenters. The smallest absolute Gasteiger partial charge is 0.251 e. The number of nitrogens with zero attached hydrogens (tertiary/aromatic N) is 1. The van der Waals surface area contributed by atoms with Crippen molar-refractivity contribution in [2.45, 2.75) is 25.9 Å². The van der Waals surface area contributed by atoms with E-state index in [0.717, 1.165) is 30.6 Å². The third-order valence-corrected chi connectivity index (χ3v) is 4.41. The number of carbonyl (C=O) groups excluding carboxylic acids is 2. The molecule has 136 valence electrons. The van der Waals surface area contributed by atoms with Crippen molar-refractivity contribution in [1.82, 2.24) is 10.2 Å². The van der Waals surface area contributed by atoms with Crippen molar-refractivity contribution >= 4 is 17.5 Å². The standard InChI is InChI=1S/C21H25N3O2/c1-24(2)14-18-6-4-3-5-17(18)13-22-20(25)15-9-11-19(12-10-15)23-21(26)16-7-8-16/h3-6,9-12,16H,7-8,13-14H2,1-2H3,(H,22,25)(H,23,26). The Hall–Kier alpha value is -2.66. The van der Waals surface area contributed by atoms with Crippen molar-refractivity contribution in [1.29, 1.82) is 0 Å². The number of hydrogen-bond donors (Lipinski definition) is 2. The maximum atomic E-state index is 12.4. The molecule has 5 nitrogen and oxygen atoms in total. The van der Waals surface area contributed by atoms with E-state index in [2.05, 4.69) is 21.6 Å². The van der Waals surface area contributed by atoms with Crippen LogP contribution in [0.5, 0.6) is 0 Å². The third-order valence-electron chi connectivity index (χ3n) is 4.41. The number of nitrogens with one attached hydrogen (secondary N) is 2. The number of rotatable bonds is 7. The summed E-state index contributed by atoms with van der Waals surface area (Å²) in [7, 11) is 4.05. The van der Waals surface area contributed by atoms with E-state index in [1.54, 1.807) is 24.3 Å². The second-order valence-electron chi connectivity index (χ2n) is 7.03. The Labute approximate surface area is 154 Å². The second-order valence-corrected chi connectivity index (χ2v) is 7.03. The molecule has 2 aromatic rings. The summed E-state index contributed by atoms with van der Waals surface area (Å²) in [6.45, 7) is 1.32. The first-order chi connectivity index (χ1) is 12.5. The van der Waals surface area contributed by atoms with E-state index in [0.29, 0.717) is 12.1 Å². The van der Waals surface area contributed by atoms with Gasteiger partial charge in [-0.2, -0.15) is 0 Å². The highest BCUT2D eigenvalue weighted by Gasteiger charge is 2.29. The van der Waals surface area contributed by atoms with Crippen LogP contribution in [0.15, 0.2) is 48.5 Å². The van der Waals surface area contributed by atoms with Gasteiger partial charge in [0.2, 0.25) is 5.91 Å². The van der Waals surface area contributed by atoms with Crippen LogP contribution in [0, 0.1) is 5.92 Å². The minimum Gasteiger partial charge on any atom is -0.348 e. The molecule has 5 heteroatoms. The minimum atomic E-state index is -0.121. The van der Waals surface area contributed by atoms with Gasteiger partial charge in [0.25, 0.3) is 5.91 Å². The average molecular weight is 351 g/mol. The molecule has 0 heterocycles. The molecule has 0 aliphatic heterocycles. The highest BCUT2D eigenvalue weighted by Crippen LogP contribution is 2.30. The van der Waals surface area contributed by atoms with Gasteiger partial charge in [0.05, 0.1) is 0 Å². The Morgan fingerprint density at radius 2 is 1.65 bits per heavy atom. The molecule has 2 aromatic carbocycles. The Morgan fingerprint density at radius 1 is 1.00 bits per heavy atom. The van der Waals surface area contributed by atoms with Gasteiger partial charge in [-0.25, -0.2) is 0 Å². The lowest BCUT2D eigenvalue weighted by Gasteiger charge is -2.14. The van der Waals surface area contributed by atoms with Gasteiger partial charge < -0.3 is 15.5 Å². The molecule has 2 amide bonds. The predicted molar refractivity (Wildman–Crippen MR) is 103 cm³/mol. The molecular weight excluding hydrogens is 326 g/mol. The molecule has 2 N–H and O–H groups in total. The first-order valence-corrected chi connectivity index (χ1v) is 8.93. The summed E-state index contributed by atoms with van der Waals surface area (Å²) in [6.07, 6.45) is 1.95. The summed E-state index contributed by atoms with van der Waals surface area (Å²) in [5, 5.41) is 5.85. The van der Waals surface area contributed by atoms with Crippen LogP contribution in [0.2, 0.25) is 0 Å². The van der Waals surface area contributed by atoms with Gasteiger partial charge in [0, 0.05) is 30.3 Å². The first-order valence-electron chi connectivity index (χ1n) is 8.93. The van der Waals surface area contributed by atoms with Crippen LogP contribution in [0.3, 0.4) is 0 Å². The fourth-order valence-electron chi connectivity index (χ4n) is 2.80. The van der Waals surface area contributed by atoms with E-state index in [-0.39, 0.29) is 17.7 Å². The van der Waals surface area contributed by atoms with Crippen LogP contribution >= 0.6 is 0 Å². The van der Waals surface area contributed by atoms with Crippen LogP contribution in [-0.4, -0.2) is 30.8 Å². The topological polar surface area (TPSA) is 61.4 Å². The summed E-state index contributed by atoms with van der Waals surface area (Å²) in [6, 6.07) is 15.1. The van der Waals surface area contributed by atoms with E-state index in [4.69, 9.17) is 0 Å². The van der Waals surface area contributed by atoms with E-state index in [1.165, 1.54) is 5.56 Å². The van der Waals surface area contributed by atoms with Crippen LogP contribution < -0.4 is 10.6 Å². The third kappa shape index (κ3) is 4.92. The highest BCUT2D eigenvalue weighted by molar-refractivity contribution is 5.96.